The molecule has 1 fully saturated rings. The van der Waals surface area contributed by atoms with Crippen molar-refractivity contribution in [2.45, 2.75) is 39.2 Å². The van der Waals surface area contributed by atoms with E-state index in [1.807, 2.05) is 6.07 Å². The van der Waals surface area contributed by atoms with Crippen LogP contribution in [0.2, 0.25) is 0 Å². The average Bonchev–Trinajstić information content (AvgIpc) is 2.93. The number of piperidine rings is 1. The lowest BCUT2D eigenvalue weighted by atomic mass is 9.77. The highest BCUT2D eigenvalue weighted by atomic mass is 32.1. The third kappa shape index (κ3) is 2.75. The van der Waals surface area contributed by atoms with Gasteiger partial charge in [-0.3, -0.25) is 4.79 Å². The molecule has 2 heterocycles. The van der Waals surface area contributed by atoms with E-state index < -0.39 is 0 Å². The molecule has 1 amide bonds. The second-order valence-electron chi connectivity index (χ2n) is 5.12. The molecule has 3 nitrogen and oxygen atoms in total. The maximum Gasteiger partial charge on any atom is 0.227 e. The topological polar surface area (TPSA) is 41.1 Å². The summed E-state index contributed by atoms with van der Waals surface area (Å²) in [5.41, 5.74) is -0.205. The number of nitrogens with one attached hydrogen (secondary N) is 2. The summed E-state index contributed by atoms with van der Waals surface area (Å²) in [4.78, 5) is 13.7. The summed E-state index contributed by atoms with van der Waals surface area (Å²) < 4.78 is 0. The fraction of sp³-hybridized carbons (Fsp3) is 0.643. The molecule has 1 aliphatic heterocycles. The quantitative estimate of drug-likeness (QED) is 0.880. The van der Waals surface area contributed by atoms with Gasteiger partial charge in [0.2, 0.25) is 5.91 Å². The van der Waals surface area contributed by atoms with Gasteiger partial charge < -0.3 is 10.6 Å². The standard InChI is InChI=1S/C14H22N2OS/c1-3-14(7-5-8-15-10-14)13(17)16-11(2)12-6-4-9-18-12/h4,6,9,11,15H,3,5,7-8,10H2,1-2H3,(H,16,17)/t11-,14?/m1/s1. The van der Waals surface area contributed by atoms with Gasteiger partial charge in [-0.05, 0) is 44.2 Å². The van der Waals surface area contributed by atoms with Crippen molar-refractivity contribution in [1.29, 1.82) is 0 Å². The smallest absolute Gasteiger partial charge is 0.227 e. The van der Waals surface area contributed by atoms with Gasteiger partial charge in [-0.15, -0.1) is 11.3 Å². The molecule has 100 valence electrons. The van der Waals surface area contributed by atoms with E-state index >= 15 is 0 Å². The Balaban J connectivity index is 2.01. The fourth-order valence-corrected chi connectivity index (χ4v) is 3.32. The lowest BCUT2D eigenvalue weighted by Gasteiger charge is -2.36. The van der Waals surface area contributed by atoms with E-state index in [1.54, 1.807) is 11.3 Å². The molecule has 1 aromatic heterocycles. The maximum atomic E-state index is 12.5. The van der Waals surface area contributed by atoms with Crippen LogP contribution < -0.4 is 10.6 Å². The highest BCUT2D eigenvalue weighted by Gasteiger charge is 2.38. The van der Waals surface area contributed by atoms with E-state index in [0.717, 1.165) is 32.4 Å². The molecule has 1 aliphatic rings. The summed E-state index contributed by atoms with van der Waals surface area (Å²) in [5, 5.41) is 8.58. The average molecular weight is 266 g/mol. The predicted octanol–water partition coefficient (Wildman–Crippen LogP) is 2.71. The van der Waals surface area contributed by atoms with Gasteiger partial charge in [0.1, 0.15) is 0 Å². The molecule has 0 bridgehead atoms. The molecule has 2 rings (SSSR count). The number of rotatable bonds is 4. The van der Waals surface area contributed by atoms with Crippen LogP contribution in [0.5, 0.6) is 0 Å². The zero-order chi connectivity index (χ0) is 13.0. The number of amides is 1. The van der Waals surface area contributed by atoms with Crippen LogP contribution in [0.1, 0.15) is 44.0 Å². The van der Waals surface area contributed by atoms with E-state index in [2.05, 4.69) is 35.9 Å². The summed E-state index contributed by atoms with van der Waals surface area (Å²) in [7, 11) is 0. The van der Waals surface area contributed by atoms with Crippen molar-refractivity contribution >= 4 is 17.2 Å². The molecular formula is C14H22N2OS. The van der Waals surface area contributed by atoms with E-state index in [9.17, 15) is 4.79 Å². The SMILES string of the molecule is CCC1(C(=O)N[C@H](C)c2cccs2)CCCNC1. The van der Waals surface area contributed by atoms with Crippen LogP contribution in [-0.4, -0.2) is 19.0 Å². The first kappa shape index (κ1) is 13.6. The molecule has 2 atom stereocenters. The molecule has 1 unspecified atom stereocenters. The van der Waals surface area contributed by atoms with Crippen LogP contribution in [-0.2, 0) is 4.79 Å². The monoisotopic (exact) mass is 266 g/mol. The number of hydrogen-bond donors (Lipinski definition) is 2. The van der Waals surface area contributed by atoms with Crippen LogP contribution >= 0.6 is 11.3 Å². The molecule has 1 saturated heterocycles. The summed E-state index contributed by atoms with van der Waals surface area (Å²) in [6, 6.07) is 4.22. The molecule has 0 saturated carbocycles. The largest absolute Gasteiger partial charge is 0.348 e. The fourth-order valence-electron chi connectivity index (χ4n) is 2.58. The summed E-state index contributed by atoms with van der Waals surface area (Å²) in [6.07, 6.45) is 3.00. The first-order valence-corrected chi connectivity index (χ1v) is 7.61. The second kappa shape index (κ2) is 5.85. The second-order valence-corrected chi connectivity index (χ2v) is 6.10. The van der Waals surface area contributed by atoms with Crippen molar-refractivity contribution in [3.63, 3.8) is 0 Å². The van der Waals surface area contributed by atoms with Crippen molar-refractivity contribution in [2.24, 2.45) is 5.41 Å². The molecule has 4 heteroatoms. The summed E-state index contributed by atoms with van der Waals surface area (Å²) >= 11 is 1.70. The van der Waals surface area contributed by atoms with Crippen molar-refractivity contribution in [2.75, 3.05) is 13.1 Å². The number of thiophene rings is 1. The Hall–Kier alpha value is -0.870. The Morgan fingerprint density at radius 1 is 1.67 bits per heavy atom. The Morgan fingerprint density at radius 3 is 3.06 bits per heavy atom. The van der Waals surface area contributed by atoms with Crippen molar-refractivity contribution in [1.82, 2.24) is 10.6 Å². The first-order chi connectivity index (χ1) is 8.68. The summed E-state index contributed by atoms with van der Waals surface area (Å²) in [6.45, 7) is 6.02. The minimum absolute atomic E-state index is 0.114. The zero-order valence-electron chi connectivity index (χ0n) is 11.2. The lowest BCUT2D eigenvalue weighted by molar-refractivity contribution is -0.133. The van der Waals surface area contributed by atoms with Gasteiger partial charge in [0.15, 0.2) is 0 Å². The van der Waals surface area contributed by atoms with Gasteiger partial charge in [0.25, 0.3) is 0 Å². The van der Waals surface area contributed by atoms with Gasteiger partial charge in [-0.2, -0.15) is 0 Å². The predicted molar refractivity (Wildman–Crippen MR) is 75.7 cm³/mol. The highest BCUT2D eigenvalue weighted by molar-refractivity contribution is 7.10. The molecule has 2 N–H and O–H groups in total. The Kier molecular flexibility index (Phi) is 4.40. The maximum absolute atomic E-state index is 12.5. The molecule has 18 heavy (non-hydrogen) atoms. The molecular weight excluding hydrogens is 244 g/mol. The Bertz CT molecular complexity index is 383. The third-order valence-electron chi connectivity index (χ3n) is 3.95. The van der Waals surface area contributed by atoms with E-state index in [4.69, 9.17) is 0 Å². The third-order valence-corrected chi connectivity index (χ3v) is 5.00. The van der Waals surface area contributed by atoms with Gasteiger partial charge in [-0.25, -0.2) is 0 Å². The minimum atomic E-state index is -0.205. The molecule has 0 radical (unpaired) electrons. The van der Waals surface area contributed by atoms with Crippen LogP contribution in [0.4, 0.5) is 0 Å². The van der Waals surface area contributed by atoms with Crippen LogP contribution in [0, 0.1) is 5.41 Å². The minimum Gasteiger partial charge on any atom is -0.348 e. The number of hydrogen-bond acceptors (Lipinski definition) is 3. The molecule has 0 aliphatic carbocycles. The number of carbonyl (C=O) groups is 1. The van der Waals surface area contributed by atoms with Crippen molar-refractivity contribution < 1.29 is 4.79 Å². The van der Waals surface area contributed by atoms with Gasteiger partial charge in [0, 0.05) is 11.4 Å². The van der Waals surface area contributed by atoms with Gasteiger partial charge in [-0.1, -0.05) is 13.0 Å². The van der Waals surface area contributed by atoms with E-state index in [-0.39, 0.29) is 17.4 Å². The highest BCUT2D eigenvalue weighted by Crippen LogP contribution is 2.31. The number of carbonyl (C=O) groups excluding carboxylic acids is 1. The van der Waals surface area contributed by atoms with Crippen molar-refractivity contribution in [3.8, 4) is 0 Å². The Morgan fingerprint density at radius 2 is 2.50 bits per heavy atom. The lowest BCUT2D eigenvalue weighted by Crippen LogP contribution is -2.50. The summed E-state index contributed by atoms with van der Waals surface area (Å²) in [5.74, 6) is 0.207. The molecule has 0 spiro atoms. The van der Waals surface area contributed by atoms with Gasteiger partial charge >= 0.3 is 0 Å². The Labute approximate surface area is 113 Å². The first-order valence-electron chi connectivity index (χ1n) is 6.73. The van der Waals surface area contributed by atoms with Gasteiger partial charge in [0.05, 0.1) is 11.5 Å². The van der Waals surface area contributed by atoms with Crippen LogP contribution in [0.15, 0.2) is 17.5 Å². The van der Waals surface area contributed by atoms with Crippen LogP contribution in [0.25, 0.3) is 0 Å². The normalized spacial score (nSPS) is 25.7. The van der Waals surface area contributed by atoms with E-state index in [1.165, 1.54) is 4.88 Å². The van der Waals surface area contributed by atoms with Crippen molar-refractivity contribution in [3.05, 3.63) is 22.4 Å². The van der Waals surface area contributed by atoms with E-state index in [0.29, 0.717) is 0 Å². The van der Waals surface area contributed by atoms with Crippen LogP contribution in [0.3, 0.4) is 0 Å². The molecule has 0 aromatic carbocycles. The zero-order valence-corrected chi connectivity index (χ0v) is 12.0. The molecule has 1 aromatic rings.